The van der Waals surface area contributed by atoms with Crippen LogP contribution in [0.25, 0.3) is 0 Å². The molecule has 1 aliphatic heterocycles. The van der Waals surface area contributed by atoms with Crippen LogP contribution in [0.2, 0.25) is 0 Å². The van der Waals surface area contributed by atoms with Crippen LogP contribution in [0.4, 0.5) is 0 Å². The molecule has 1 aliphatic rings. The fourth-order valence-electron chi connectivity index (χ4n) is 0.701. The van der Waals surface area contributed by atoms with Gasteiger partial charge in [-0.3, -0.25) is 0 Å². The van der Waals surface area contributed by atoms with Crippen molar-refractivity contribution >= 4 is 0 Å². The average Bonchev–Trinajstić information content (AvgIpc) is 1.61. The quantitative estimate of drug-likeness (QED) is 0.408. The summed E-state index contributed by atoms with van der Waals surface area (Å²) in [7, 11) is 0. The molecule has 0 aromatic heterocycles. The third-order valence-electron chi connectivity index (χ3n) is 1.36. The Hall–Kier alpha value is -1.06. The van der Waals surface area contributed by atoms with E-state index in [0.717, 1.165) is 17.0 Å². The Morgan fingerprint density at radius 2 is 2.56 bits per heavy atom. The highest BCUT2D eigenvalue weighted by Crippen LogP contribution is 2.14. The van der Waals surface area contributed by atoms with Gasteiger partial charge in [0.1, 0.15) is 6.54 Å². The van der Waals surface area contributed by atoms with Gasteiger partial charge in [-0.1, -0.05) is 11.9 Å². The van der Waals surface area contributed by atoms with Gasteiger partial charge in [0.15, 0.2) is 5.03 Å². The van der Waals surface area contributed by atoms with Gasteiger partial charge in [0.25, 0.3) is 0 Å². The standard InChI is InChI=1S/C5H8N2O2/c1-2-5-3-6(4-5)7(8)9/h3H,2,4H2,1H3. The number of rotatable bonds is 2. The first-order chi connectivity index (χ1) is 4.24. The summed E-state index contributed by atoms with van der Waals surface area (Å²) in [6.07, 6.45) is 2.49. The third kappa shape index (κ3) is 1.01. The predicted molar refractivity (Wildman–Crippen MR) is 32.1 cm³/mol. The van der Waals surface area contributed by atoms with Crippen LogP contribution in [0.3, 0.4) is 0 Å². The molecule has 50 valence electrons. The minimum absolute atomic E-state index is 0.404. The van der Waals surface area contributed by atoms with Gasteiger partial charge >= 0.3 is 0 Å². The van der Waals surface area contributed by atoms with Crippen molar-refractivity contribution < 1.29 is 5.03 Å². The Labute approximate surface area is 52.9 Å². The van der Waals surface area contributed by atoms with Crippen molar-refractivity contribution in [3.63, 3.8) is 0 Å². The molecule has 0 aromatic carbocycles. The highest BCUT2D eigenvalue weighted by Gasteiger charge is 2.21. The number of hydrogen-bond acceptors (Lipinski definition) is 2. The van der Waals surface area contributed by atoms with Crippen LogP contribution in [-0.4, -0.2) is 16.6 Å². The lowest BCUT2D eigenvalue weighted by atomic mass is 10.1. The minimum Gasteiger partial charge on any atom is -0.234 e. The first kappa shape index (κ1) is 6.07. The van der Waals surface area contributed by atoms with Crippen LogP contribution in [0.5, 0.6) is 0 Å². The zero-order valence-electron chi connectivity index (χ0n) is 5.20. The minimum atomic E-state index is -0.404. The number of hydrogen-bond donors (Lipinski definition) is 0. The molecule has 0 fully saturated rings. The molecule has 0 saturated heterocycles. The summed E-state index contributed by atoms with van der Waals surface area (Å²) < 4.78 is 0. The summed E-state index contributed by atoms with van der Waals surface area (Å²) in [6, 6.07) is 0. The van der Waals surface area contributed by atoms with Crippen LogP contribution in [0.15, 0.2) is 11.8 Å². The molecule has 0 radical (unpaired) electrons. The van der Waals surface area contributed by atoms with E-state index in [9.17, 15) is 10.1 Å². The van der Waals surface area contributed by atoms with Crippen LogP contribution in [0.1, 0.15) is 13.3 Å². The van der Waals surface area contributed by atoms with Crippen molar-refractivity contribution in [2.24, 2.45) is 0 Å². The molecule has 0 aromatic rings. The van der Waals surface area contributed by atoms with Gasteiger partial charge in [0.05, 0.1) is 6.20 Å². The van der Waals surface area contributed by atoms with E-state index in [1.165, 1.54) is 0 Å². The summed E-state index contributed by atoms with van der Waals surface area (Å²) in [4.78, 5) is 9.93. The summed E-state index contributed by atoms with van der Waals surface area (Å²) in [5.41, 5.74) is 1.15. The molecule has 4 nitrogen and oxygen atoms in total. The van der Waals surface area contributed by atoms with Gasteiger partial charge in [0.2, 0.25) is 0 Å². The second-order valence-corrected chi connectivity index (χ2v) is 1.98. The van der Waals surface area contributed by atoms with Crippen LogP contribution in [-0.2, 0) is 0 Å². The summed E-state index contributed by atoms with van der Waals surface area (Å²) >= 11 is 0. The highest BCUT2D eigenvalue weighted by atomic mass is 16.7. The van der Waals surface area contributed by atoms with E-state index in [0.29, 0.717) is 6.54 Å². The Morgan fingerprint density at radius 1 is 2.00 bits per heavy atom. The van der Waals surface area contributed by atoms with E-state index < -0.39 is 5.03 Å². The topological polar surface area (TPSA) is 46.4 Å². The SMILES string of the molecule is CCC1=CN([N+](=O)[O-])C1. The van der Waals surface area contributed by atoms with Gasteiger partial charge in [0, 0.05) is 0 Å². The van der Waals surface area contributed by atoms with Crippen molar-refractivity contribution in [2.45, 2.75) is 13.3 Å². The molecular formula is C5H8N2O2. The second kappa shape index (κ2) is 2.05. The first-order valence-electron chi connectivity index (χ1n) is 2.84. The molecule has 0 N–H and O–H groups in total. The van der Waals surface area contributed by atoms with E-state index in [-0.39, 0.29) is 0 Å². The molecule has 0 saturated carbocycles. The Balaban J connectivity index is 2.42. The number of nitrogens with zero attached hydrogens (tertiary/aromatic N) is 2. The van der Waals surface area contributed by atoms with Gasteiger partial charge in [-0.05, 0) is 12.0 Å². The zero-order chi connectivity index (χ0) is 6.85. The average molecular weight is 128 g/mol. The zero-order valence-corrected chi connectivity index (χ0v) is 5.20. The smallest absolute Gasteiger partial charge is 0.164 e. The van der Waals surface area contributed by atoms with Crippen molar-refractivity contribution in [2.75, 3.05) is 6.54 Å². The molecule has 0 spiro atoms. The molecule has 0 atom stereocenters. The maximum atomic E-state index is 9.93. The molecule has 0 bridgehead atoms. The van der Waals surface area contributed by atoms with Crippen molar-refractivity contribution in [1.29, 1.82) is 0 Å². The van der Waals surface area contributed by atoms with Gasteiger partial charge in [-0.2, -0.15) is 0 Å². The van der Waals surface area contributed by atoms with E-state index >= 15 is 0 Å². The normalized spacial score (nSPS) is 16.6. The Bertz CT molecular complexity index is 164. The lowest BCUT2D eigenvalue weighted by Crippen LogP contribution is -2.34. The summed E-state index contributed by atoms with van der Waals surface area (Å²) in [5.74, 6) is 0. The third-order valence-corrected chi connectivity index (χ3v) is 1.36. The second-order valence-electron chi connectivity index (χ2n) is 1.98. The fraction of sp³-hybridized carbons (Fsp3) is 0.600. The largest absolute Gasteiger partial charge is 0.234 e. The van der Waals surface area contributed by atoms with Crippen LogP contribution >= 0.6 is 0 Å². The first-order valence-corrected chi connectivity index (χ1v) is 2.84. The monoisotopic (exact) mass is 128 g/mol. The molecule has 4 heteroatoms. The van der Waals surface area contributed by atoms with Gasteiger partial charge in [-0.15, -0.1) is 0 Å². The molecule has 1 heterocycles. The van der Waals surface area contributed by atoms with E-state index in [1.807, 2.05) is 6.92 Å². The lowest BCUT2D eigenvalue weighted by molar-refractivity contribution is -0.643. The molecule has 0 aliphatic carbocycles. The number of nitro groups is 1. The summed E-state index contributed by atoms with van der Waals surface area (Å²) in [5, 5.41) is 10.6. The van der Waals surface area contributed by atoms with Gasteiger partial charge < -0.3 is 0 Å². The van der Waals surface area contributed by atoms with E-state index in [1.54, 1.807) is 6.20 Å². The summed E-state index contributed by atoms with van der Waals surface area (Å²) in [6.45, 7) is 2.49. The molecule has 0 amide bonds. The lowest BCUT2D eigenvalue weighted by Gasteiger charge is -2.20. The van der Waals surface area contributed by atoms with Crippen LogP contribution < -0.4 is 0 Å². The van der Waals surface area contributed by atoms with E-state index in [4.69, 9.17) is 0 Å². The van der Waals surface area contributed by atoms with E-state index in [2.05, 4.69) is 0 Å². The molecule has 1 rings (SSSR count). The maximum Gasteiger partial charge on any atom is 0.164 e. The maximum absolute atomic E-state index is 9.93. The molecule has 0 unspecified atom stereocenters. The van der Waals surface area contributed by atoms with Gasteiger partial charge in [-0.25, -0.2) is 10.1 Å². The van der Waals surface area contributed by atoms with Crippen molar-refractivity contribution in [3.05, 3.63) is 21.9 Å². The Kier molecular flexibility index (Phi) is 1.38. The highest BCUT2D eigenvalue weighted by molar-refractivity contribution is 5.10. The van der Waals surface area contributed by atoms with Crippen molar-refractivity contribution in [1.82, 2.24) is 5.01 Å². The molecular weight excluding hydrogens is 120 g/mol. The fourth-order valence-corrected chi connectivity index (χ4v) is 0.701. The predicted octanol–water partition coefficient (Wildman–Crippen LogP) is 0.788. The number of hydrazine groups is 1. The van der Waals surface area contributed by atoms with Crippen molar-refractivity contribution in [3.8, 4) is 0 Å². The molecule has 9 heavy (non-hydrogen) atoms. The van der Waals surface area contributed by atoms with Crippen LogP contribution in [0, 0.1) is 10.1 Å². The Morgan fingerprint density at radius 3 is 2.89 bits per heavy atom.